The highest BCUT2D eigenvalue weighted by atomic mass is 16.1. The molecule has 1 heteroatoms. The van der Waals surface area contributed by atoms with Crippen molar-refractivity contribution < 1.29 is 4.79 Å². The predicted octanol–water partition coefficient (Wildman–Crippen LogP) is 2.46. The smallest absolute Gasteiger partial charge is 0.121 e. The fraction of sp³-hybridized carbons (Fsp3) is 0.308. The number of carbonyl (C=O) groups excluding carboxylic acids is 1. The van der Waals surface area contributed by atoms with E-state index in [2.05, 4.69) is 24.0 Å². The van der Waals surface area contributed by atoms with Crippen molar-refractivity contribution in [2.45, 2.75) is 19.8 Å². The van der Waals surface area contributed by atoms with Gasteiger partial charge in [-0.05, 0) is 5.56 Å². The quantitative estimate of drug-likeness (QED) is 0.523. The first-order valence-electron chi connectivity index (χ1n) is 4.79. The van der Waals surface area contributed by atoms with Crippen LogP contribution in [0.3, 0.4) is 0 Å². The number of aldehydes is 1. The molecule has 1 rings (SSSR count). The largest absolute Gasteiger partial charge is 0.303 e. The second-order valence-corrected chi connectivity index (χ2v) is 3.29. The van der Waals surface area contributed by atoms with Crippen LogP contribution in [0.25, 0.3) is 0 Å². The Balaban J connectivity index is 2.43. The number of carbonyl (C=O) groups is 1. The van der Waals surface area contributed by atoms with Crippen LogP contribution in [0, 0.1) is 17.8 Å². The molecule has 0 aromatic heterocycles. The summed E-state index contributed by atoms with van der Waals surface area (Å²) in [5, 5.41) is 0. The van der Waals surface area contributed by atoms with Crippen LogP contribution < -0.4 is 0 Å². The Kier molecular flexibility index (Phi) is 4.50. The molecular formula is C13H14O. The van der Waals surface area contributed by atoms with Crippen molar-refractivity contribution in [3.8, 4) is 11.8 Å². The van der Waals surface area contributed by atoms with Crippen molar-refractivity contribution in [3.05, 3.63) is 35.9 Å². The van der Waals surface area contributed by atoms with Crippen LogP contribution in [0.15, 0.2) is 30.3 Å². The van der Waals surface area contributed by atoms with Gasteiger partial charge in [-0.1, -0.05) is 49.1 Å². The molecule has 0 fully saturated rings. The van der Waals surface area contributed by atoms with E-state index in [9.17, 15) is 4.79 Å². The van der Waals surface area contributed by atoms with Crippen LogP contribution >= 0.6 is 0 Å². The number of benzene rings is 1. The molecule has 0 aliphatic rings. The van der Waals surface area contributed by atoms with E-state index in [0.717, 1.165) is 12.7 Å². The van der Waals surface area contributed by atoms with Crippen molar-refractivity contribution >= 4 is 6.29 Å². The van der Waals surface area contributed by atoms with E-state index in [1.807, 2.05) is 25.1 Å². The first-order valence-corrected chi connectivity index (χ1v) is 4.79. The second kappa shape index (κ2) is 5.99. The molecule has 1 unspecified atom stereocenters. The van der Waals surface area contributed by atoms with Gasteiger partial charge in [0.05, 0.1) is 0 Å². The zero-order valence-electron chi connectivity index (χ0n) is 8.36. The van der Waals surface area contributed by atoms with E-state index in [1.54, 1.807) is 0 Å². The van der Waals surface area contributed by atoms with Crippen molar-refractivity contribution in [2.75, 3.05) is 0 Å². The van der Waals surface area contributed by atoms with E-state index in [0.29, 0.717) is 6.42 Å². The SMILES string of the molecule is CC(C#CCc1ccccc1)CC=O. The molecule has 0 amide bonds. The van der Waals surface area contributed by atoms with E-state index in [-0.39, 0.29) is 5.92 Å². The fourth-order valence-electron chi connectivity index (χ4n) is 1.13. The zero-order chi connectivity index (χ0) is 10.2. The van der Waals surface area contributed by atoms with Gasteiger partial charge in [0.15, 0.2) is 0 Å². The molecule has 0 saturated heterocycles. The summed E-state index contributed by atoms with van der Waals surface area (Å²) in [7, 11) is 0. The normalized spacial score (nSPS) is 11.2. The maximum absolute atomic E-state index is 10.2. The lowest BCUT2D eigenvalue weighted by Gasteiger charge is -1.95. The van der Waals surface area contributed by atoms with E-state index < -0.39 is 0 Å². The third kappa shape index (κ3) is 3.91. The molecule has 0 spiro atoms. The first kappa shape index (κ1) is 10.5. The minimum absolute atomic E-state index is 0.177. The third-order valence-corrected chi connectivity index (χ3v) is 1.93. The van der Waals surface area contributed by atoms with Gasteiger partial charge in [-0.2, -0.15) is 0 Å². The van der Waals surface area contributed by atoms with Crippen molar-refractivity contribution in [1.29, 1.82) is 0 Å². The fourth-order valence-corrected chi connectivity index (χ4v) is 1.13. The Hall–Kier alpha value is -1.55. The summed E-state index contributed by atoms with van der Waals surface area (Å²) in [6.07, 6.45) is 2.22. The molecule has 0 radical (unpaired) electrons. The lowest BCUT2D eigenvalue weighted by molar-refractivity contribution is -0.108. The van der Waals surface area contributed by atoms with Crippen LogP contribution in [0.1, 0.15) is 18.9 Å². The van der Waals surface area contributed by atoms with Gasteiger partial charge < -0.3 is 4.79 Å². The minimum Gasteiger partial charge on any atom is -0.303 e. The first-order chi connectivity index (χ1) is 6.83. The summed E-state index contributed by atoms with van der Waals surface area (Å²) in [5.74, 6) is 6.31. The highest BCUT2D eigenvalue weighted by molar-refractivity contribution is 5.50. The Morgan fingerprint density at radius 1 is 1.36 bits per heavy atom. The molecule has 1 aromatic carbocycles. The molecule has 1 atom stereocenters. The maximum atomic E-state index is 10.2. The van der Waals surface area contributed by atoms with Gasteiger partial charge in [-0.3, -0.25) is 0 Å². The third-order valence-electron chi connectivity index (χ3n) is 1.93. The van der Waals surface area contributed by atoms with Crippen LogP contribution in [0.2, 0.25) is 0 Å². The molecule has 1 nitrogen and oxygen atoms in total. The molecule has 14 heavy (non-hydrogen) atoms. The lowest BCUT2D eigenvalue weighted by atomic mass is 10.1. The number of rotatable bonds is 3. The maximum Gasteiger partial charge on any atom is 0.121 e. The van der Waals surface area contributed by atoms with Crippen LogP contribution in [-0.2, 0) is 11.2 Å². The predicted molar refractivity (Wildman–Crippen MR) is 57.8 cm³/mol. The van der Waals surface area contributed by atoms with Gasteiger partial charge in [0, 0.05) is 18.8 Å². The Morgan fingerprint density at radius 2 is 2.07 bits per heavy atom. The summed E-state index contributed by atoms with van der Waals surface area (Å²) in [6, 6.07) is 10.1. The van der Waals surface area contributed by atoms with E-state index in [1.165, 1.54) is 5.56 Å². The van der Waals surface area contributed by atoms with Crippen LogP contribution in [0.4, 0.5) is 0 Å². The topological polar surface area (TPSA) is 17.1 Å². The molecule has 1 aromatic rings. The lowest BCUT2D eigenvalue weighted by Crippen LogP contribution is -1.90. The van der Waals surface area contributed by atoms with Gasteiger partial charge in [0.25, 0.3) is 0 Å². The molecule has 0 aliphatic heterocycles. The average molecular weight is 186 g/mol. The second-order valence-electron chi connectivity index (χ2n) is 3.29. The number of hydrogen-bond acceptors (Lipinski definition) is 1. The van der Waals surface area contributed by atoms with Gasteiger partial charge in [0.1, 0.15) is 6.29 Å². The Labute approximate surface area is 85.1 Å². The van der Waals surface area contributed by atoms with Crippen molar-refractivity contribution in [3.63, 3.8) is 0 Å². The summed E-state index contributed by atoms with van der Waals surface area (Å²) < 4.78 is 0. The van der Waals surface area contributed by atoms with Gasteiger partial charge in [-0.15, -0.1) is 0 Å². The van der Waals surface area contributed by atoms with Crippen molar-refractivity contribution in [2.24, 2.45) is 5.92 Å². The molecule has 0 N–H and O–H groups in total. The Morgan fingerprint density at radius 3 is 2.71 bits per heavy atom. The number of hydrogen-bond donors (Lipinski definition) is 0. The molecule has 0 aliphatic carbocycles. The van der Waals surface area contributed by atoms with Crippen LogP contribution in [-0.4, -0.2) is 6.29 Å². The van der Waals surface area contributed by atoms with Gasteiger partial charge in [0.2, 0.25) is 0 Å². The summed E-state index contributed by atoms with van der Waals surface area (Å²) >= 11 is 0. The monoisotopic (exact) mass is 186 g/mol. The van der Waals surface area contributed by atoms with E-state index in [4.69, 9.17) is 0 Å². The molecule has 72 valence electrons. The Bertz CT molecular complexity index is 329. The average Bonchev–Trinajstić information content (AvgIpc) is 2.20. The molecular weight excluding hydrogens is 172 g/mol. The highest BCUT2D eigenvalue weighted by Crippen LogP contribution is 2.00. The van der Waals surface area contributed by atoms with Crippen LogP contribution in [0.5, 0.6) is 0 Å². The highest BCUT2D eigenvalue weighted by Gasteiger charge is 1.93. The van der Waals surface area contributed by atoms with Gasteiger partial charge in [-0.25, -0.2) is 0 Å². The van der Waals surface area contributed by atoms with E-state index >= 15 is 0 Å². The summed E-state index contributed by atoms with van der Waals surface area (Å²) in [4.78, 5) is 10.2. The molecule has 0 bridgehead atoms. The summed E-state index contributed by atoms with van der Waals surface area (Å²) in [5.41, 5.74) is 1.22. The summed E-state index contributed by atoms with van der Waals surface area (Å²) in [6.45, 7) is 1.96. The minimum atomic E-state index is 0.177. The molecule has 0 saturated carbocycles. The van der Waals surface area contributed by atoms with Crippen molar-refractivity contribution in [1.82, 2.24) is 0 Å². The standard InChI is InChI=1S/C13H14O/c1-12(10-11-14)6-5-9-13-7-3-2-4-8-13/h2-4,7-8,11-12H,9-10H2,1H3. The van der Waals surface area contributed by atoms with Gasteiger partial charge >= 0.3 is 0 Å². The zero-order valence-corrected chi connectivity index (χ0v) is 8.36. The molecule has 0 heterocycles.